The van der Waals surface area contributed by atoms with Gasteiger partial charge in [-0.15, -0.1) is 0 Å². The second-order valence-corrected chi connectivity index (χ2v) is 7.27. The van der Waals surface area contributed by atoms with Gasteiger partial charge in [-0.25, -0.2) is 0 Å². The molecule has 0 atom stereocenters. The zero-order valence-corrected chi connectivity index (χ0v) is 76.7. The predicted molar refractivity (Wildman–Crippen MR) is 213 cm³/mol. The first-order valence-electron chi connectivity index (χ1n) is 13.0. The third kappa shape index (κ3) is 1890. The summed E-state index contributed by atoms with van der Waals surface area (Å²) in [6, 6.07) is 0. The number of carboxylic acids is 5. The van der Waals surface area contributed by atoms with Crippen LogP contribution in [-0.4, -0.2) is 142 Å². The number of amides is 5. The summed E-state index contributed by atoms with van der Waals surface area (Å²) in [5.74, 6) is -6.40. The van der Waals surface area contributed by atoms with Crippen molar-refractivity contribution in [2.45, 2.75) is 83.1 Å². The van der Waals surface area contributed by atoms with Gasteiger partial charge in [-0.05, 0) is 20.8 Å². The van der Waals surface area contributed by atoms with Crippen LogP contribution in [0.1, 0.15) is 83.1 Å². The Morgan fingerprint density at radius 3 is 0.343 bits per heavy atom. The summed E-state index contributed by atoms with van der Waals surface area (Å²) >= 11 is 0. The monoisotopic (exact) mass is 1940 g/mol. The molecule has 0 unspecified atom stereocenters. The molecule has 0 aliphatic carbocycles. The fourth-order valence-electron chi connectivity index (χ4n) is 0. The molecule has 396 valence electrons. The van der Waals surface area contributed by atoms with Crippen molar-refractivity contribution in [1.82, 2.24) is 10.6 Å². The van der Waals surface area contributed by atoms with Crippen LogP contribution in [-0.2, 0) is 460 Å². The summed E-state index contributed by atoms with van der Waals surface area (Å²) in [6.07, 6.45) is 0. The van der Waals surface area contributed by atoms with Crippen molar-refractivity contribution in [3.8, 4) is 0 Å². The van der Waals surface area contributed by atoms with Crippen molar-refractivity contribution in [1.29, 1.82) is 0 Å². The molecule has 0 rings (SSSR count). The van der Waals surface area contributed by atoms with Gasteiger partial charge in [0.2, 0.25) is 11.8 Å². The van der Waals surface area contributed by atoms with E-state index in [1.54, 1.807) is 14.1 Å². The molecule has 0 bridgehead atoms. The Bertz CT molecular complexity index is 799. The number of aliphatic carboxylic acids is 5. The number of nitrogens with one attached hydrogen (secondary N) is 5. The van der Waals surface area contributed by atoms with Gasteiger partial charge >= 0.3 is 11.9 Å². The number of carboxylic acid groups (broad SMARTS) is 5. The summed E-state index contributed by atoms with van der Waals surface area (Å²) in [6.45, 7) is 14.7. The number of hydrogen-bond acceptors (Lipinski definition) is 14. The summed E-state index contributed by atoms with van der Waals surface area (Å²) in [7, 11) is 5.90. The number of carbonyl (C=O) groups is 12. The summed E-state index contributed by atoms with van der Waals surface area (Å²) in [5.41, 5.74) is 17.8. The normalized spacial score (nSPS) is 4.80. The van der Waals surface area contributed by atoms with Gasteiger partial charge in [0.1, 0.15) is 0 Å². The minimum absolute atomic E-state index is 0. The zero-order chi connectivity index (χ0) is 45.8. The van der Waals surface area contributed by atoms with Gasteiger partial charge in [-0.2, -0.15) is 0 Å². The molecule has 0 fully saturated rings. The van der Waals surface area contributed by atoms with E-state index in [4.69, 9.17) is 81.1 Å². The second kappa shape index (κ2) is 194. The van der Waals surface area contributed by atoms with E-state index in [0.29, 0.717) is 0 Å². The molecule has 0 spiro atoms. The Labute approximate surface area is 714 Å². The molecular weight excluding hydrogens is 1870 g/mol. The van der Waals surface area contributed by atoms with Crippen LogP contribution >= 0.6 is 0 Å². The largest absolute Gasteiger partial charge is 0.693 e. The van der Waals surface area contributed by atoms with E-state index < -0.39 is 47.6 Å². The minimum atomic E-state index is -0.833. The first-order chi connectivity index (χ1) is 22.9. The fraction of sp³-hybridized carbons (Fsp3) is 0.571. The maximum atomic E-state index is 9.70. The van der Waals surface area contributed by atoms with Crippen molar-refractivity contribution in [3.05, 3.63) is 35.7 Å². The van der Waals surface area contributed by atoms with Crippen LogP contribution in [0.5, 0.6) is 0 Å². The number of rotatable bonds is 0. The van der Waals surface area contributed by atoms with E-state index in [1.165, 1.54) is 62.7 Å². The van der Waals surface area contributed by atoms with Crippen molar-refractivity contribution in [3.63, 3.8) is 0 Å². The number of esters is 2. The molecule has 5 amide bonds. The van der Waals surface area contributed by atoms with E-state index >= 15 is 0 Å². The molecule has 0 aliphatic rings. The van der Waals surface area contributed by atoms with Gasteiger partial charge in [0.25, 0.3) is 29.8 Å². The molecule has 0 aliphatic heterocycles. The third-order valence-corrected chi connectivity index (χ3v) is 1.28. The summed E-state index contributed by atoms with van der Waals surface area (Å²) in [4.78, 5) is 111. The average molecular weight is 1940 g/mol. The predicted octanol–water partition coefficient (Wildman–Crippen LogP) is 1.72. The topological polar surface area (TPSA) is 615 Å². The molecule has 70 heavy (non-hydrogen) atoms. The van der Waals surface area contributed by atoms with Gasteiger partial charge in [0.05, 0.1) is 14.2 Å². The van der Waals surface area contributed by atoms with Crippen molar-refractivity contribution in [2.24, 2.45) is 0 Å². The van der Waals surface area contributed by atoms with E-state index in [9.17, 15) is 19.2 Å². The standard InChI is InChI=1S/2C3H7NO.2C3H6O2.3C2H5NO.5C2H4O2.3H2N.3H2O.12Y/c2*1-3(5)4-2;2*1-3(4)5-2;8*1-2(3)4;;;;;;;;;;;;;;;;;;/h2*1-2H3,(H,4,5);2*1-2H3;3*1H3,(H2,3,4);5*1H3,(H,3,4);6*1H2;;;;;;;;;;;;/q;;;;;;;;;;;;3*-1;;;;;;;;;;;;;;;/p-3. The number of nitrogens with two attached hydrogens (primary N) is 3. The van der Waals surface area contributed by atoms with Gasteiger partial charge in [0, 0.05) is 487 Å². The molecule has 0 aromatic carbocycles. The van der Waals surface area contributed by atoms with Crippen LogP contribution < -0.4 is 10.6 Å². The van der Waals surface area contributed by atoms with E-state index in [2.05, 4.69) is 20.1 Å². The van der Waals surface area contributed by atoms with Gasteiger partial charge in [-0.1, -0.05) is 0 Å². The van der Waals surface area contributed by atoms with Gasteiger partial charge < -0.3 is 112 Å². The Hall–Kier alpha value is 6.65. The molecule has 12 radical (unpaired) electrons. The molecule has 0 aromatic rings. The Morgan fingerprint density at radius 1 is 0.314 bits per heavy atom. The number of hydrogen-bond donors (Lipinski definition) is 7. The van der Waals surface area contributed by atoms with Crippen LogP contribution in [0.25, 0.3) is 35.7 Å². The molecular formula is C28H70N8O22Y12-6. The third-order valence-electron chi connectivity index (χ3n) is 1.28. The quantitative estimate of drug-likeness (QED) is 0.170. The van der Waals surface area contributed by atoms with Crippen LogP contribution in [0.3, 0.4) is 0 Å². The van der Waals surface area contributed by atoms with Gasteiger partial charge in [-0.3, -0.25) is 43.2 Å². The number of methoxy groups -OCH3 is 2. The zero-order valence-electron chi connectivity index (χ0n) is 42.6. The fourth-order valence-corrected chi connectivity index (χ4v) is 0. The van der Waals surface area contributed by atoms with E-state index in [1.807, 2.05) is 0 Å². The maximum Gasteiger partial charge on any atom is 0.302 e. The molecule has 42 heteroatoms. The molecule has 0 aromatic heterocycles. The van der Waals surface area contributed by atoms with Crippen LogP contribution in [0.15, 0.2) is 0 Å². The van der Waals surface area contributed by atoms with E-state index in [-0.39, 0.29) is 451 Å². The number of carbonyl (C=O) groups excluding carboxylic acids is 7. The van der Waals surface area contributed by atoms with Gasteiger partial charge in [0.15, 0.2) is 0 Å². The first-order valence-corrected chi connectivity index (χ1v) is 13.0. The van der Waals surface area contributed by atoms with Crippen molar-refractivity contribution in [2.75, 3.05) is 28.3 Å². The molecule has 30 nitrogen and oxygen atoms in total. The van der Waals surface area contributed by atoms with Crippen LogP contribution in [0, 0.1) is 0 Å². The number of ether oxygens (including phenoxy) is 2. The van der Waals surface area contributed by atoms with Crippen molar-refractivity contribution < 1.29 is 501 Å². The van der Waals surface area contributed by atoms with E-state index in [0.717, 1.165) is 34.6 Å². The maximum absolute atomic E-state index is 9.70. The SMILES string of the molecule is CC(=O)O.CC(=O)O.CC(=O)O.CC(=O)O.CC(=O)O.CC([NH-])=O.CC([NH-])=O.CC([NH-])=O.CNC(C)=O.CNC(C)=O.COC(C)=O.COC(C)=O.O.O.O.[NH2-].[NH2-].[NH2-].[Y].[Y].[Y].[Y].[Y].[Y].[Y].[Y].[Y].[Y].[Y].[Y]. The minimum Gasteiger partial charge on any atom is -0.693 e. The van der Waals surface area contributed by atoms with Crippen LogP contribution in [0.4, 0.5) is 0 Å². The average Bonchev–Trinajstić information content (AvgIpc) is 2.87. The smallest absolute Gasteiger partial charge is 0.302 e. The first kappa shape index (κ1) is 202. The molecule has 0 saturated heterocycles. The summed E-state index contributed by atoms with van der Waals surface area (Å²) in [5, 5.41) is 41.9. The molecule has 0 saturated carbocycles. The molecule has 22 N–H and O–H groups in total. The van der Waals surface area contributed by atoms with Crippen molar-refractivity contribution >= 4 is 71.3 Å². The summed E-state index contributed by atoms with van der Waals surface area (Å²) < 4.78 is 8.22. The Balaban J connectivity index is -0.00000000871. The Kier molecular flexibility index (Phi) is 558. The Morgan fingerprint density at radius 2 is 0.343 bits per heavy atom. The molecule has 0 heterocycles. The van der Waals surface area contributed by atoms with Crippen LogP contribution in [0.2, 0.25) is 0 Å². The second-order valence-electron chi connectivity index (χ2n) is 7.27.